The van der Waals surface area contributed by atoms with Crippen LogP contribution in [-0.4, -0.2) is 40.3 Å². The van der Waals surface area contributed by atoms with Gasteiger partial charge in [0.15, 0.2) is 5.82 Å². The summed E-state index contributed by atoms with van der Waals surface area (Å²) >= 11 is 0. The van der Waals surface area contributed by atoms with Crippen molar-refractivity contribution in [2.45, 2.75) is 51.2 Å². The Bertz CT molecular complexity index is 719. The summed E-state index contributed by atoms with van der Waals surface area (Å²) in [5.41, 5.74) is 6.25. The molecule has 1 aliphatic heterocycles. The van der Waals surface area contributed by atoms with Gasteiger partial charge in [0.1, 0.15) is 11.6 Å². The van der Waals surface area contributed by atoms with Crippen LogP contribution in [0.5, 0.6) is 5.75 Å². The van der Waals surface area contributed by atoms with Crippen LogP contribution in [0, 0.1) is 11.7 Å². The largest absolute Gasteiger partial charge is 0.490 e. The Morgan fingerprint density at radius 1 is 1.29 bits per heavy atom. The summed E-state index contributed by atoms with van der Waals surface area (Å²) in [6.07, 6.45) is 6.49. The molecule has 1 atom stereocenters. The SMILES string of the molecule is CC(Oc1cc(F)c2c(N)n[nH]c2c1)C1CCN(C2CCC2)CC1. The fourth-order valence-electron chi connectivity index (χ4n) is 3.99. The highest BCUT2D eigenvalue weighted by Crippen LogP contribution is 2.32. The van der Waals surface area contributed by atoms with Crippen molar-refractivity contribution >= 4 is 16.7 Å². The van der Waals surface area contributed by atoms with Crippen molar-refractivity contribution in [2.24, 2.45) is 5.92 Å². The molecule has 1 unspecified atom stereocenters. The molecule has 1 saturated heterocycles. The Morgan fingerprint density at radius 2 is 2.04 bits per heavy atom. The third kappa shape index (κ3) is 2.83. The minimum atomic E-state index is -0.388. The Labute approximate surface area is 141 Å². The first-order chi connectivity index (χ1) is 11.6. The molecule has 1 aliphatic carbocycles. The first kappa shape index (κ1) is 15.7. The van der Waals surface area contributed by atoms with Crippen LogP contribution in [0.1, 0.15) is 39.0 Å². The summed E-state index contributed by atoms with van der Waals surface area (Å²) in [4.78, 5) is 2.63. The lowest BCUT2D eigenvalue weighted by molar-refractivity contribution is 0.0463. The molecule has 1 aromatic carbocycles. The van der Waals surface area contributed by atoms with Gasteiger partial charge in [0.2, 0.25) is 0 Å². The molecule has 0 spiro atoms. The minimum absolute atomic E-state index is 0.0747. The predicted molar refractivity (Wildman–Crippen MR) is 92.5 cm³/mol. The van der Waals surface area contributed by atoms with E-state index in [9.17, 15) is 4.39 Å². The molecule has 24 heavy (non-hydrogen) atoms. The Morgan fingerprint density at radius 3 is 2.71 bits per heavy atom. The zero-order chi connectivity index (χ0) is 16.7. The van der Waals surface area contributed by atoms with Gasteiger partial charge in [-0.3, -0.25) is 5.10 Å². The van der Waals surface area contributed by atoms with E-state index in [1.54, 1.807) is 6.07 Å². The van der Waals surface area contributed by atoms with Crippen molar-refractivity contribution < 1.29 is 9.13 Å². The summed E-state index contributed by atoms with van der Waals surface area (Å²) in [5, 5.41) is 6.94. The van der Waals surface area contributed by atoms with Crippen LogP contribution in [-0.2, 0) is 0 Å². The number of likely N-dealkylation sites (tertiary alicyclic amines) is 1. The maximum atomic E-state index is 14.2. The van der Waals surface area contributed by atoms with Gasteiger partial charge >= 0.3 is 0 Å². The van der Waals surface area contributed by atoms with Crippen molar-refractivity contribution in [3.8, 4) is 5.75 Å². The standard InChI is InChI=1S/C18H25FN4O/c1-11(12-5-7-23(8-6-12)13-3-2-4-13)24-14-9-15(19)17-16(10-14)21-22-18(17)20/h9-13H,2-8H2,1H3,(H3,20,21,22). The van der Waals surface area contributed by atoms with Crippen LogP contribution in [0.4, 0.5) is 10.2 Å². The third-order valence-corrected chi connectivity index (χ3v) is 5.77. The van der Waals surface area contributed by atoms with Crippen LogP contribution < -0.4 is 10.5 Å². The van der Waals surface area contributed by atoms with E-state index in [1.165, 1.54) is 25.3 Å². The zero-order valence-corrected chi connectivity index (χ0v) is 14.1. The molecule has 130 valence electrons. The molecule has 6 heteroatoms. The highest BCUT2D eigenvalue weighted by molar-refractivity contribution is 5.90. The molecule has 2 aliphatic rings. The Balaban J connectivity index is 1.40. The van der Waals surface area contributed by atoms with Gasteiger partial charge < -0.3 is 15.4 Å². The lowest BCUT2D eigenvalue weighted by Gasteiger charge is -2.42. The van der Waals surface area contributed by atoms with Gasteiger partial charge in [-0.2, -0.15) is 5.10 Å². The summed E-state index contributed by atoms with van der Waals surface area (Å²) in [7, 11) is 0. The maximum Gasteiger partial charge on any atom is 0.156 e. The smallest absolute Gasteiger partial charge is 0.156 e. The van der Waals surface area contributed by atoms with E-state index in [0.717, 1.165) is 32.0 Å². The lowest BCUT2D eigenvalue weighted by Crippen LogP contribution is -2.46. The highest BCUT2D eigenvalue weighted by atomic mass is 19.1. The van der Waals surface area contributed by atoms with Gasteiger partial charge in [-0.05, 0) is 51.6 Å². The average molecular weight is 332 g/mol. The number of piperidine rings is 1. The van der Waals surface area contributed by atoms with Gasteiger partial charge in [0.25, 0.3) is 0 Å². The summed E-state index contributed by atoms with van der Waals surface area (Å²) < 4.78 is 20.2. The number of aromatic amines is 1. The van der Waals surface area contributed by atoms with E-state index in [-0.39, 0.29) is 17.7 Å². The first-order valence-corrected chi connectivity index (χ1v) is 8.95. The summed E-state index contributed by atoms with van der Waals surface area (Å²) in [6.45, 7) is 4.41. The number of nitrogens with zero attached hydrogens (tertiary/aromatic N) is 2. The van der Waals surface area contributed by atoms with Crippen molar-refractivity contribution in [1.82, 2.24) is 15.1 Å². The number of hydrogen-bond acceptors (Lipinski definition) is 4. The molecular weight excluding hydrogens is 307 g/mol. The second kappa shape index (κ2) is 6.24. The van der Waals surface area contributed by atoms with Gasteiger partial charge in [-0.1, -0.05) is 6.42 Å². The number of ether oxygens (including phenoxy) is 1. The second-order valence-electron chi connectivity index (χ2n) is 7.22. The van der Waals surface area contributed by atoms with Crippen LogP contribution >= 0.6 is 0 Å². The van der Waals surface area contributed by atoms with Crippen LogP contribution in [0.25, 0.3) is 10.9 Å². The van der Waals surface area contributed by atoms with Crippen LogP contribution in [0.15, 0.2) is 12.1 Å². The van der Waals surface area contributed by atoms with Gasteiger partial charge in [0, 0.05) is 18.2 Å². The number of anilines is 1. The first-order valence-electron chi connectivity index (χ1n) is 8.95. The molecule has 2 aromatic rings. The number of hydrogen-bond donors (Lipinski definition) is 2. The van der Waals surface area contributed by atoms with Gasteiger partial charge in [-0.25, -0.2) is 4.39 Å². The monoisotopic (exact) mass is 332 g/mol. The van der Waals surface area contributed by atoms with Crippen molar-refractivity contribution in [3.63, 3.8) is 0 Å². The number of H-pyrrole nitrogens is 1. The topological polar surface area (TPSA) is 67.2 Å². The molecule has 4 rings (SSSR count). The molecular formula is C18H25FN4O. The number of nitrogens with one attached hydrogen (secondary N) is 1. The fraction of sp³-hybridized carbons (Fsp3) is 0.611. The van der Waals surface area contributed by atoms with E-state index < -0.39 is 0 Å². The number of aromatic nitrogens is 2. The number of halogens is 1. The average Bonchev–Trinajstić information content (AvgIpc) is 2.88. The van der Waals surface area contributed by atoms with E-state index in [2.05, 4.69) is 22.0 Å². The lowest BCUT2D eigenvalue weighted by atomic mass is 9.86. The Hall–Kier alpha value is -1.82. The molecule has 1 aromatic heterocycles. The van der Waals surface area contributed by atoms with E-state index in [4.69, 9.17) is 10.5 Å². The number of nitrogens with two attached hydrogens (primary N) is 1. The molecule has 0 bridgehead atoms. The quantitative estimate of drug-likeness (QED) is 0.901. The summed E-state index contributed by atoms with van der Waals surface area (Å²) in [6, 6.07) is 4.01. The molecule has 0 radical (unpaired) electrons. The number of fused-ring (bicyclic) bond motifs is 1. The summed E-state index contributed by atoms with van der Waals surface area (Å²) in [5.74, 6) is 0.857. The van der Waals surface area contributed by atoms with E-state index in [1.807, 2.05) is 0 Å². The van der Waals surface area contributed by atoms with E-state index in [0.29, 0.717) is 22.6 Å². The van der Waals surface area contributed by atoms with Crippen LogP contribution in [0.2, 0.25) is 0 Å². The van der Waals surface area contributed by atoms with Crippen molar-refractivity contribution in [3.05, 3.63) is 17.9 Å². The normalized spacial score (nSPS) is 21.8. The minimum Gasteiger partial charge on any atom is -0.490 e. The van der Waals surface area contributed by atoms with E-state index >= 15 is 0 Å². The molecule has 1 saturated carbocycles. The Kier molecular flexibility index (Phi) is 4.08. The number of rotatable bonds is 4. The van der Waals surface area contributed by atoms with Gasteiger partial charge in [-0.15, -0.1) is 0 Å². The third-order valence-electron chi connectivity index (χ3n) is 5.77. The predicted octanol–water partition coefficient (Wildman–Crippen LogP) is 3.32. The zero-order valence-electron chi connectivity index (χ0n) is 14.1. The maximum absolute atomic E-state index is 14.2. The molecule has 2 fully saturated rings. The highest BCUT2D eigenvalue weighted by Gasteiger charge is 2.31. The fourth-order valence-corrected chi connectivity index (χ4v) is 3.99. The number of nitrogen functional groups attached to an aromatic ring is 1. The molecule has 2 heterocycles. The van der Waals surface area contributed by atoms with Crippen molar-refractivity contribution in [2.75, 3.05) is 18.8 Å². The molecule has 5 nitrogen and oxygen atoms in total. The number of benzene rings is 1. The molecule has 0 amide bonds. The van der Waals surface area contributed by atoms with Gasteiger partial charge in [0.05, 0.1) is 17.0 Å². The van der Waals surface area contributed by atoms with Crippen LogP contribution in [0.3, 0.4) is 0 Å². The van der Waals surface area contributed by atoms with Crippen molar-refractivity contribution in [1.29, 1.82) is 0 Å². The second-order valence-corrected chi connectivity index (χ2v) is 7.22. The molecule has 3 N–H and O–H groups in total.